The summed E-state index contributed by atoms with van der Waals surface area (Å²) in [6.45, 7) is 6.02. The van der Waals surface area contributed by atoms with Gasteiger partial charge in [-0.25, -0.2) is 9.78 Å². The van der Waals surface area contributed by atoms with E-state index in [1.165, 1.54) is 11.3 Å². The van der Waals surface area contributed by atoms with E-state index in [-0.39, 0.29) is 10.3 Å². The normalized spacial score (nSPS) is 11.6. The third-order valence-electron chi connectivity index (χ3n) is 2.59. The van der Waals surface area contributed by atoms with Crippen molar-refractivity contribution in [3.63, 3.8) is 0 Å². The summed E-state index contributed by atoms with van der Waals surface area (Å²) < 4.78 is 0. The lowest BCUT2D eigenvalue weighted by atomic mass is 9.98. The Labute approximate surface area is 120 Å². The van der Waals surface area contributed by atoms with E-state index in [0.717, 1.165) is 5.01 Å². The van der Waals surface area contributed by atoms with Crippen molar-refractivity contribution in [2.45, 2.75) is 26.2 Å². The summed E-state index contributed by atoms with van der Waals surface area (Å²) in [5, 5.41) is 10.6. The van der Waals surface area contributed by atoms with Crippen LogP contribution in [0.2, 0.25) is 5.02 Å². The van der Waals surface area contributed by atoms with Crippen LogP contribution in [0.3, 0.4) is 0 Å². The van der Waals surface area contributed by atoms with E-state index < -0.39 is 5.97 Å². The summed E-state index contributed by atoms with van der Waals surface area (Å²) in [4.78, 5) is 16.1. The molecule has 5 heteroatoms. The summed E-state index contributed by atoms with van der Waals surface area (Å²) in [6.07, 6.45) is 0. The van der Waals surface area contributed by atoms with Gasteiger partial charge in [0.2, 0.25) is 0 Å². The van der Waals surface area contributed by atoms with Crippen LogP contribution >= 0.6 is 22.9 Å². The topological polar surface area (TPSA) is 50.2 Å². The molecule has 0 radical (unpaired) electrons. The minimum absolute atomic E-state index is 0.186. The molecule has 1 aromatic heterocycles. The van der Waals surface area contributed by atoms with Crippen LogP contribution in [0.25, 0.3) is 11.3 Å². The Hall–Kier alpha value is -1.39. The highest BCUT2D eigenvalue weighted by Gasteiger charge is 2.26. The smallest absolute Gasteiger partial charge is 0.348 e. The van der Waals surface area contributed by atoms with Crippen molar-refractivity contribution in [3.8, 4) is 11.3 Å². The van der Waals surface area contributed by atoms with Crippen molar-refractivity contribution in [1.82, 2.24) is 4.98 Å². The molecule has 2 aromatic rings. The summed E-state index contributed by atoms with van der Waals surface area (Å²) in [7, 11) is 0. The number of carboxylic acids is 1. The number of halogens is 1. The summed E-state index contributed by atoms with van der Waals surface area (Å²) in [5.74, 6) is -0.970. The van der Waals surface area contributed by atoms with E-state index in [4.69, 9.17) is 11.6 Å². The first-order chi connectivity index (χ1) is 8.80. The number of benzene rings is 1. The predicted octanol–water partition coefficient (Wildman–Crippen LogP) is 4.46. The number of aromatic carboxylic acids is 1. The Morgan fingerprint density at radius 1 is 1.32 bits per heavy atom. The van der Waals surface area contributed by atoms with E-state index in [0.29, 0.717) is 16.3 Å². The lowest BCUT2D eigenvalue weighted by Crippen LogP contribution is -2.10. The van der Waals surface area contributed by atoms with Crippen molar-refractivity contribution in [3.05, 3.63) is 39.2 Å². The molecular formula is C14H14ClNO2S. The van der Waals surface area contributed by atoms with E-state index in [2.05, 4.69) is 4.98 Å². The highest BCUT2D eigenvalue weighted by Crippen LogP contribution is 2.36. The zero-order valence-electron chi connectivity index (χ0n) is 10.9. The second kappa shape index (κ2) is 4.94. The van der Waals surface area contributed by atoms with Crippen molar-refractivity contribution >= 4 is 28.9 Å². The highest BCUT2D eigenvalue weighted by molar-refractivity contribution is 7.14. The van der Waals surface area contributed by atoms with Crippen LogP contribution in [-0.4, -0.2) is 16.1 Å². The Bertz CT molecular complexity index is 629. The number of thiazole rings is 1. The Kier molecular flexibility index (Phi) is 3.65. The predicted molar refractivity (Wildman–Crippen MR) is 78.2 cm³/mol. The Balaban J connectivity index is 2.66. The number of hydrogen-bond acceptors (Lipinski definition) is 3. The molecule has 0 saturated heterocycles. The van der Waals surface area contributed by atoms with Gasteiger partial charge in [-0.2, -0.15) is 0 Å². The fraction of sp³-hybridized carbons (Fsp3) is 0.286. The summed E-state index contributed by atoms with van der Waals surface area (Å²) in [6, 6.07) is 7.15. The number of carboxylic acid groups (broad SMARTS) is 1. The molecule has 0 atom stereocenters. The van der Waals surface area contributed by atoms with Gasteiger partial charge in [-0.05, 0) is 6.07 Å². The first-order valence-electron chi connectivity index (χ1n) is 5.80. The fourth-order valence-corrected chi connectivity index (χ4v) is 2.82. The molecule has 100 valence electrons. The molecule has 0 bridgehead atoms. The van der Waals surface area contributed by atoms with Gasteiger partial charge in [0.05, 0.1) is 15.7 Å². The molecule has 19 heavy (non-hydrogen) atoms. The average molecular weight is 296 g/mol. The second-order valence-corrected chi connectivity index (χ2v) is 6.64. The van der Waals surface area contributed by atoms with Crippen LogP contribution in [0.5, 0.6) is 0 Å². The molecule has 1 aromatic carbocycles. The van der Waals surface area contributed by atoms with Crippen LogP contribution in [-0.2, 0) is 5.41 Å². The molecule has 0 fully saturated rings. The Morgan fingerprint density at radius 2 is 1.95 bits per heavy atom. The zero-order chi connectivity index (χ0) is 14.2. The first-order valence-corrected chi connectivity index (χ1v) is 6.99. The van der Waals surface area contributed by atoms with Gasteiger partial charge in [0, 0.05) is 11.0 Å². The number of aromatic nitrogens is 1. The maximum absolute atomic E-state index is 11.4. The van der Waals surface area contributed by atoms with Gasteiger partial charge in [-0.15, -0.1) is 11.3 Å². The Morgan fingerprint density at radius 3 is 2.47 bits per heavy atom. The van der Waals surface area contributed by atoms with E-state index in [1.807, 2.05) is 32.9 Å². The SMILES string of the molecule is CC(C)(C)c1nc(-c2ccccc2Cl)c(C(=O)O)s1. The molecule has 0 spiro atoms. The van der Waals surface area contributed by atoms with Crippen LogP contribution in [0.1, 0.15) is 35.5 Å². The molecule has 1 N–H and O–H groups in total. The van der Waals surface area contributed by atoms with Crippen LogP contribution in [0.4, 0.5) is 0 Å². The van der Waals surface area contributed by atoms with Gasteiger partial charge in [0.1, 0.15) is 4.88 Å². The molecule has 0 amide bonds. The van der Waals surface area contributed by atoms with E-state index in [1.54, 1.807) is 12.1 Å². The molecule has 3 nitrogen and oxygen atoms in total. The molecule has 1 heterocycles. The van der Waals surface area contributed by atoms with Gasteiger partial charge in [0.15, 0.2) is 0 Å². The second-order valence-electron chi connectivity index (χ2n) is 5.23. The van der Waals surface area contributed by atoms with Crippen molar-refractivity contribution < 1.29 is 9.90 Å². The van der Waals surface area contributed by atoms with Crippen LogP contribution < -0.4 is 0 Å². The number of carbonyl (C=O) groups is 1. The molecular weight excluding hydrogens is 282 g/mol. The molecule has 0 aliphatic carbocycles. The molecule has 0 aliphatic rings. The third kappa shape index (κ3) is 2.80. The molecule has 0 aliphatic heterocycles. The van der Waals surface area contributed by atoms with Gasteiger partial charge < -0.3 is 5.11 Å². The summed E-state index contributed by atoms with van der Waals surface area (Å²) in [5.41, 5.74) is 0.926. The average Bonchev–Trinajstić information content (AvgIpc) is 2.74. The lowest BCUT2D eigenvalue weighted by Gasteiger charge is -2.13. The zero-order valence-corrected chi connectivity index (χ0v) is 12.5. The van der Waals surface area contributed by atoms with E-state index in [9.17, 15) is 9.90 Å². The van der Waals surface area contributed by atoms with Crippen LogP contribution in [0, 0.1) is 0 Å². The molecule has 0 unspecified atom stereocenters. The quantitative estimate of drug-likeness (QED) is 0.890. The molecule has 0 saturated carbocycles. The minimum Gasteiger partial charge on any atom is -0.477 e. The van der Waals surface area contributed by atoms with Crippen LogP contribution in [0.15, 0.2) is 24.3 Å². The monoisotopic (exact) mass is 295 g/mol. The van der Waals surface area contributed by atoms with Crippen molar-refractivity contribution in [1.29, 1.82) is 0 Å². The number of rotatable bonds is 2. The fourth-order valence-electron chi connectivity index (χ4n) is 1.62. The largest absolute Gasteiger partial charge is 0.477 e. The number of hydrogen-bond donors (Lipinski definition) is 1. The standard InChI is InChI=1S/C14H14ClNO2S/c1-14(2,3)13-16-10(11(19-13)12(17)18)8-6-4-5-7-9(8)15/h4-7H,1-3H3,(H,17,18). The number of nitrogens with zero attached hydrogens (tertiary/aromatic N) is 1. The highest BCUT2D eigenvalue weighted by atomic mass is 35.5. The first kappa shape index (κ1) is 14.0. The van der Waals surface area contributed by atoms with Gasteiger partial charge in [-0.1, -0.05) is 50.6 Å². The van der Waals surface area contributed by atoms with Gasteiger partial charge in [-0.3, -0.25) is 0 Å². The summed E-state index contributed by atoms with van der Waals surface area (Å²) >= 11 is 7.34. The lowest BCUT2D eigenvalue weighted by molar-refractivity contribution is 0.0702. The third-order valence-corrected chi connectivity index (χ3v) is 4.39. The van der Waals surface area contributed by atoms with E-state index >= 15 is 0 Å². The van der Waals surface area contributed by atoms with Crippen molar-refractivity contribution in [2.24, 2.45) is 0 Å². The minimum atomic E-state index is -0.970. The van der Waals surface area contributed by atoms with Gasteiger partial charge in [0.25, 0.3) is 0 Å². The van der Waals surface area contributed by atoms with Gasteiger partial charge >= 0.3 is 5.97 Å². The molecule has 2 rings (SSSR count). The maximum atomic E-state index is 11.4. The maximum Gasteiger partial charge on any atom is 0.348 e. The van der Waals surface area contributed by atoms with Crippen molar-refractivity contribution in [2.75, 3.05) is 0 Å².